The molecule has 1 spiro atoms. The van der Waals surface area contributed by atoms with Crippen LogP contribution in [0.2, 0.25) is 0 Å². The maximum Gasteiger partial charge on any atom is 0.248 e. The molecule has 3 amide bonds. The Morgan fingerprint density at radius 3 is 2.55 bits per heavy atom. The zero-order chi connectivity index (χ0) is 27.0. The van der Waals surface area contributed by atoms with Crippen molar-refractivity contribution >= 4 is 40.9 Å². The molecule has 0 radical (unpaired) electrons. The molecule has 2 bridgehead atoms. The second-order valence-electron chi connectivity index (χ2n) is 11.0. The van der Waals surface area contributed by atoms with Crippen molar-refractivity contribution in [3.8, 4) is 0 Å². The molecule has 3 aliphatic rings. The number of rotatable bonds is 9. The van der Waals surface area contributed by atoms with Crippen LogP contribution in [0.1, 0.15) is 43.7 Å². The molecule has 3 saturated heterocycles. The maximum atomic E-state index is 14.1. The van der Waals surface area contributed by atoms with Gasteiger partial charge in [0.15, 0.2) is 0 Å². The lowest BCUT2D eigenvalue weighted by molar-refractivity contribution is -0.138. The monoisotopic (exact) mass is 535 g/mol. The topological polar surface area (TPSA) is 98.7 Å². The highest BCUT2D eigenvalue weighted by molar-refractivity contribution is 8.02. The molecule has 2 aromatic carbocycles. The molecule has 2 aromatic rings. The summed E-state index contributed by atoms with van der Waals surface area (Å²) >= 11 is 1.69. The van der Waals surface area contributed by atoms with Gasteiger partial charge in [-0.1, -0.05) is 37.3 Å². The first kappa shape index (κ1) is 26.8. The Labute approximate surface area is 228 Å². The number of likely N-dealkylation sites (tertiary alicyclic amines) is 1. The van der Waals surface area contributed by atoms with E-state index in [2.05, 4.69) is 17.6 Å². The summed E-state index contributed by atoms with van der Waals surface area (Å²) in [6.45, 7) is 6.63. The smallest absolute Gasteiger partial charge is 0.248 e. The third-order valence-electron chi connectivity index (χ3n) is 8.55. The van der Waals surface area contributed by atoms with Crippen molar-refractivity contribution in [3.05, 3.63) is 59.7 Å². The fourth-order valence-electron chi connectivity index (χ4n) is 6.75. The number of carbonyl (C=O) groups excluding carboxylic acids is 3. The molecule has 6 atom stereocenters. The van der Waals surface area contributed by atoms with Crippen molar-refractivity contribution < 1.29 is 19.5 Å². The minimum absolute atomic E-state index is 0.00444. The molecule has 0 aliphatic carbocycles. The number of aryl methyl sites for hydroxylation is 2. The van der Waals surface area contributed by atoms with E-state index in [1.165, 1.54) is 0 Å². The number of thioether (sulfide) groups is 1. The Kier molecular flexibility index (Phi) is 7.56. The van der Waals surface area contributed by atoms with E-state index in [-0.39, 0.29) is 35.5 Å². The zero-order valence-electron chi connectivity index (χ0n) is 22.3. The van der Waals surface area contributed by atoms with E-state index in [1.54, 1.807) is 16.7 Å². The predicted molar refractivity (Wildman–Crippen MR) is 151 cm³/mol. The van der Waals surface area contributed by atoms with Gasteiger partial charge in [-0.25, -0.2) is 0 Å². The number of nitrogens with one attached hydrogen (secondary N) is 2. The summed E-state index contributed by atoms with van der Waals surface area (Å²) in [5.41, 5.74) is 3.48. The number of nitrogens with zero attached hydrogens (tertiary/aromatic N) is 1. The maximum absolute atomic E-state index is 14.1. The summed E-state index contributed by atoms with van der Waals surface area (Å²) in [5, 5.41) is 15.4. The second kappa shape index (κ2) is 10.7. The van der Waals surface area contributed by atoms with Crippen molar-refractivity contribution in [2.75, 3.05) is 23.8 Å². The van der Waals surface area contributed by atoms with Crippen LogP contribution in [0.25, 0.3) is 0 Å². The highest BCUT2D eigenvalue weighted by Crippen LogP contribution is 2.68. The quantitative estimate of drug-likeness (QED) is 0.414. The standard InChI is InChI=1S/C30H37N3O4S/c1-18-12-13-19(2)22(16-18)32-28(36)26-30-20(3)17-23(38-30)24(27(35)31-21-10-6-4-7-11-21)25(30)29(37)33(26)14-8-5-9-15-34/h4,6-7,10-13,16,20,23-26,34H,5,8-9,14-15,17H2,1-3H3,(H,31,35)(H,32,36)/t20?,23-,24+,25-,26?,30?/m0/s1. The molecule has 0 saturated carbocycles. The van der Waals surface area contributed by atoms with Crippen LogP contribution in [0.3, 0.4) is 0 Å². The predicted octanol–water partition coefficient (Wildman–Crippen LogP) is 4.38. The van der Waals surface area contributed by atoms with Crippen molar-refractivity contribution in [3.63, 3.8) is 0 Å². The lowest BCUT2D eigenvalue weighted by Crippen LogP contribution is -2.54. The van der Waals surface area contributed by atoms with Gasteiger partial charge in [0.05, 0.1) is 16.6 Å². The van der Waals surface area contributed by atoms with Crippen LogP contribution in [-0.2, 0) is 14.4 Å². The van der Waals surface area contributed by atoms with Crippen LogP contribution >= 0.6 is 11.8 Å². The SMILES string of the molecule is Cc1ccc(C)c(NC(=O)C2N(CCCCCO)C(=O)[C@@H]3[C@H](C(=O)Nc4ccccc4)[C@@H]4CC(C)C23S4)c1. The van der Waals surface area contributed by atoms with Crippen LogP contribution in [-0.4, -0.2) is 56.9 Å². The van der Waals surface area contributed by atoms with Gasteiger partial charge >= 0.3 is 0 Å². The Hall–Kier alpha value is -2.84. The van der Waals surface area contributed by atoms with E-state index in [0.29, 0.717) is 25.1 Å². The fourth-order valence-corrected chi connectivity index (χ4v) is 9.17. The summed E-state index contributed by atoms with van der Waals surface area (Å²) in [4.78, 5) is 43.6. The van der Waals surface area contributed by atoms with Gasteiger partial charge in [-0.05, 0) is 74.8 Å². The minimum atomic E-state index is -0.659. The first-order chi connectivity index (χ1) is 18.3. The molecule has 3 fully saturated rings. The zero-order valence-corrected chi connectivity index (χ0v) is 23.1. The molecule has 202 valence electrons. The Morgan fingerprint density at radius 1 is 1.05 bits per heavy atom. The van der Waals surface area contributed by atoms with Crippen LogP contribution in [0, 0.1) is 31.6 Å². The molecule has 5 rings (SSSR count). The van der Waals surface area contributed by atoms with Gasteiger partial charge < -0.3 is 20.6 Å². The molecule has 3 heterocycles. The van der Waals surface area contributed by atoms with Crippen molar-refractivity contribution in [2.24, 2.45) is 17.8 Å². The van der Waals surface area contributed by atoms with Crippen LogP contribution in [0.4, 0.5) is 11.4 Å². The summed E-state index contributed by atoms with van der Waals surface area (Å²) in [5.74, 6) is -1.33. The summed E-state index contributed by atoms with van der Waals surface area (Å²) in [7, 11) is 0. The summed E-state index contributed by atoms with van der Waals surface area (Å²) in [6, 6.07) is 14.6. The van der Waals surface area contributed by atoms with Crippen molar-refractivity contribution in [1.29, 1.82) is 0 Å². The van der Waals surface area contributed by atoms with Gasteiger partial charge in [-0.3, -0.25) is 14.4 Å². The van der Waals surface area contributed by atoms with Gasteiger partial charge in [-0.2, -0.15) is 0 Å². The van der Waals surface area contributed by atoms with Gasteiger partial charge in [-0.15, -0.1) is 11.8 Å². The highest BCUT2D eigenvalue weighted by atomic mass is 32.2. The van der Waals surface area contributed by atoms with Gasteiger partial charge in [0.25, 0.3) is 0 Å². The fraction of sp³-hybridized carbons (Fsp3) is 0.500. The Balaban J connectivity index is 1.48. The van der Waals surface area contributed by atoms with Crippen molar-refractivity contribution in [1.82, 2.24) is 4.90 Å². The minimum Gasteiger partial charge on any atom is -0.396 e. The molecule has 8 heteroatoms. The number of anilines is 2. The number of aliphatic hydroxyl groups excluding tert-OH is 1. The largest absolute Gasteiger partial charge is 0.396 e. The average molecular weight is 536 g/mol. The number of aliphatic hydroxyl groups is 1. The lowest BCUT2D eigenvalue weighted by atomic mass is 9.66. The first-order valence-electron chi connectivity index (χ1n) is 13.6. The third-order valence-corrected chi connectivity index (χ3v) is 10.6. The van der Waals surface area contributed by atoms with Gasteiger partial charge in [0.1, 0.15) is 6.04 Å². The number of carbonyl (C=O) groups is 3. The number of hydrogen-bond donors (Lipinski definition) is 3. The number of benzene rings is 2. The van der Waals surface area contributed by atoms with Crippen LogP contribution in [0.15, 0.2) is 48.5 Å². The first-order valence-corrected chi connectivity index (χ1v) is 14.5. The van der Waals surface area contributed by atoms with Crippen molar-refractivity contribution in [2.45, 2.75) is 62.5 Å². The number of para-hydroxylation sites is 1. The number of fused-ring (bicyclic) bond motifs is 1. The number of hydrogen-bond acceptors (Lipinski definition) is 5. The molecule has 3 N–H and O–H groups in total. The van der Waals surface area contributed by atoms with E-state index in [1.807, 2.05) is 62.4 Å². The average Bonchev–Trinajstić information content (AvgIpc) is 3.48. The Bertz CT molecular complexity index is 1220. The number of amides is 3. The molecule has 3 unspecified atom stereocenters. The molecule has 3 aliphatic heterocycles. The molecule has 38 heavy (non-hydrogen) atoms. The highest BCUT2D eigenvalue weighted by Gasteiger charge is 2.75. The third kappa shape index (κ3) is 4.51. The summed E-state index contributed by atoms with van der Waals surface area (Å²) in [6.07, 6.45) is 2.93. The summed E-state index contributed by atoms with van der Waals surface area (Å²) < 4.78 is -0.654. The van der Waals surface area contributed by atoms with E-state index in [9.17, 15) is 19.5 Å². The van der Waals surface area contributed by atoms with Crippen LogP contribution < -0.4 is 10.6 Å². The van der Waals surface area contributed by atoms with Gasteiger partial charge in [0.2, 0.25) is 17.7 Å². The molecule has 0 aromatic heterocycles. The molecule has 7 nitrogen and oxygen atoms in total. The molecular formula is C30H37N3O4S. The van der Waals surface area contributed by atoms with Crippen LogP contribution in [0.5, 0.6) is 0 Å². The van der Waals surface area contributed by atoms with E-state index in [0.717, 1.165) is 29.7 Å². The normalized spacial score (nSPS) is 29.4. The lowest BCUT2D eigenvalue weighted by Gasteiger charge is -2.38. The van der Waals surface area contributed by atoms with E-state index in [4.69, 9.17) is 0 Å². The van der Waals surface area contributed by atoms with Gasteiger partial charge in [0, 0.05) is 29.8 Å². The Morgan fingerprint density at radius 2 is 1.82 bits per heavy atom. The molecular weight excluding hydrogens is 498 g/mol. The number of unbranched alkanes of at least 4 members (excludes halogenated alkanes) is 2. The van der Waals surface area contributed by atoms with E-state index < -0.39 is 22.6 Å². The second-order valence-corrected chi connectivity index (χ2v) is 12.6. The van der Waals surface area contributed by atoms with E-state index >= 15 is 0 Å².